The standard InChI is InChI=1S/C22H27ClN4O2/c1-16-20(14-24-27(16)19-9-5-8-18(23)13-19)22(29)26-12-6-7-17(15-26)21(28)25-10-3-2-4-11-25/h5,8-9,13-14,17H,2-4,6-7,10-12,15H2,1H3/t17-/m0/s1. The molecule has 2 amide bonds. The van der Waals surface area contributed by atoms with Gasteiger partial charge in [-0.2, -0.15) is 5.10 Å². The van der Waals surface area contributed by atoms with E-state index in [-0.39, 0.29) is 17.7 Å². The van der Waals surface area contributed by atoms with Crippen molar-refractivity contribution in [3.63, 3.8) is 0 Å². The van der Waals surface area contributed by atoms with Gasteiger partial charge in [0.2, 0.25) is 5.91 Å². The van der Waals surface area contributed by atoms with Gasteiger partial charge in [0.1, 0.15) is 0 Å². The molecule has 1 atom stereocenters. The zero-order chi connectivity index (χ0) is 20.4. The molecule has 1 aromatic carbocycles. The van der Waals surface area contributed by atoms with Crippen molar-refractivity contribution in [2.45, 2.75) is 39.0 Å². The first-order valence-electron chi connectivity index (χ1n) is 10.4. The van der Waals surface area contributed by atoms with Crippen molar-refractivity contribution in [2.24, 2.45) is 5.92 Å². The summed E-state index contributed by atoms with van der Waals surface area (Å²) in [6.07, 6.45) is 6.72. The minimum absolute atomic E-state index is 0.0491. The molecule has 154 valence electrons. The van der Waals surface area contributed by atoms with Gasteiger partial charge in [0.15, 0.2) is 0 Å². The maximum atomic E-state index is 13.2. The van der Waals surface area contributed by atoms with Gasteiger partial charge in [-0.15, -0.1) is 0 Å². The molecule has 0 saturated carbocycles. The highest BCUT2D eigenvalue weighted by molar-refractivity contribution is 6.30. The van der Waals surface area contributed by atoms with E-state index in [2.05, 4.69) is 5.10 Å². The van der Waals surface area contributed by atoms with Crippen LogP contribution in [-0.2, 0) is 4.79 Å². The summed E-state index contributed by atoms with van der Waals surface area (Å²) < 4.78 is 1.74. The van der Waals surface area contributed by atoms with Crippen molar-refractivity contribution < 1.29 is 9.59 Å². The van der Waals surface area contributed by atoms with Gasteiger partial charge in [0, 0.05) is 31.2 Å². The maximum Gasteiger partial charge on any atom is 0.257 e. The van der Waals surface area contributed by atoms with Crippen molar-refractivity contribution in [3.05, 3.63) is 46.7 Å². The highest BCUT2D eigenvalue weighted by Gasteiger charge is 2.33. The van der Waals surface area contributed by atoms with Gasteiger partial charge in [0.05, 0.1) is 29.1 Å². The fourth-order valence-electron chi connectivity index (χ4n) is 4.39. The Morgan fingerprint density at radius 2 is 1.83 bits per heavy atom. The van der Waals surface area contributed by atoms with Crippen molar-refractivity contribution >= 4 is 23.4 Å². The Morgan fingerprint density at radius 3 is 2.59 bits per heavy atom. The number of hydrogen-bond donors (Lipinski definition) is 0. The van der Waals surface area contributed by atoms with Crippen LogP contribution in [0.25, 0.3) is 5.69 Å². The molecular weight excluding hydrogens is 388 g/mol. The Bertz CT molecular complexity index is 904. The highest BCUT2D eigenvalue weighted by atomic mass is 35.5. The van der Waals surface area contributed by atoms with E-state index in [0.29, 0.717) is 23.7 Å². The van der Waals surface area contributed by atoms with E-state index in [1.165, 1.54) is 6.42 Å². The number of likely N-dealkylation sites (tertiary alicyclic amines) is 2. The second-order valence-electron chi connectivity index (χ2n) is 8.01. The predicted octanol–water partition coefficient (Wildman–Crippen LogP) is 3.70. The maximum absolute atomic E-state index is 13.2. The van der Waals surface area contributed by atoms with Crippen LogP contribution in [0.1, 0.15) is 48.2 Å². The Hall–Kier alpha value is -2.34. The molecule has 29 heavy (non-hydrogen) atoms. The molecule has 2 saturated heterocycles. The monoisotopic (exact) mass is 414 g/mol. The average molecular weight is 415 g/mol. The van der Waals surface area contributed by atoms with Crippen LogP contribution >= 0.6 is 11.6 Å². The van der Waals surface area contributed by atoms with Gasteiger partial charge in [0.25, 0.3) is 5.91 Å². The zero-order valence-electron chi connectivity index (χ0n) is 16.8. The number of amides is 2. The Morgan fingerprint density at radius 1 is 1.07 bits per heavy atom. The Kier molecular flexibility index (Phi) is 5.90. The molecular formula is C22H27ClN4O2. The van der Waals surface area contributed by atoms with Crippen LogP contribution in [0.2, 0.25) is 5.02 Å². The summed E-state index contributed by atoms with van der Waals surface area (Å²) in [4.78, 5) is 29.9. The third-order valence-electron chi connectivity index (χ3n) is 6.02. The van der Waals surface area contributed by atoms with Crippen molar-refractivity contribution in [1.29, 1.82) is 0 Å². The topological polar surface area (TPSA) is 58.4 Å². The molecule has 4 rings (SSSR count). The van der Waals surface area contributed by atoms with Crippen LogP contribution in [0.4, 0.5) is 0 Å². The first kappa shape index (κ1) is 20.0. The van der Waals surface area contributed by atoms with E-state index in [4.69, 9.17) is 11.6 Å². The first-order valence-corrected chi connectivity index (χ1v) is 10.8. The molecule has 0 bridgehead atoms. The lowest BCUT2D eigenvalue weighted by molar-refractivity contribution is -0.137. The van der Waals surface area contributed by atoms with E-state index in [1.54, 1.807) is 10.9 Å². The third kappa shape index (κ3) is 4.17. The average Bonchev–Trinajstić information content (AvgIpc) is 3.14. The Balaban J connectivity index is 1.48. The Labute approximate surface area is 176 Å². The van der Waals surface area contributed by atoms with E-state index < -0.39 is 0 Å². The predicted molar refractivity (Wildman–Crippen MR) is 112 cm³/mol. The number of benzene rings is 1. The summed E-state index contributed by atoms with van der Waals surface area (Å²) >= 11 is 6.10. The smallest absolute Gasteiger partial charge is 0.257 e. The molecule has 0 radical (unpaired) electrons. The second-order valence-corrected chi connectivity index (χ2v) is 8.45. The molecule has 2 aliphatic heterocycles. The van der Waals surface area contributed by atoms with Gasteiger partial charge in [-0.25, -0.2) is 4.68 Å². The second kappa shape index (κ2) is 8.57. The molecule has 1 aromatic heterocycles. The molecule has 2 fully saturated rings. The third-order valence-corrected chi connectivity index (χ3v) is 6.25. The lowest BCUT2D eigenvalue weighted by Crippen LogP contribution is -2.48. The van der Waals surface area contributed by atoms with E-state index in [1.807, 2.05) is 41.0 Å². The lowest BCUT2D eigenvalue weighted by atomic mass is 9.95. The van der Waals surface area contributed by atoms with Crippen molar-refractivity contribution in [2.75, 3.05) is 26.2 Å². The molecule has 0 spiro atoms. The van der Waals surface area contributed by atoms with Gasteiger partial charge in [-0.1, -0.05) is 17.7 Å². The fraction of sp³-hybridized carbons (Fsp3) is 0.500. The van der Waals surface area contributed by atoms with Crippen LogP contribution in [0.15, 0.2) is 30.5 Å². The normalized spacial score (nSPS) is 20.0. The van der Waals surface area contributed by atoms with Crippen LogP contribution in [0, 0.1) is 12.8 Å². The van der Waals surface area contributed by atoms with Gasteiger partial charge < -0.3 is 9.80 Å². The zero-order valence-corrected chi connectivity index (χ0v) is 17.6. The number of carbonyl (C=O) groups is 2. The van der Waals surface area contributed by atoms with Crippen LogP contribution in [-0.4, -0.2) is 57.6 Å². The van der Waals surface area contributed by atoms with Crippen LogP contribution in [0.5, 0.6) is 0 Å². The van der Waals surface area contributed by atoms with Gasteiger partial charge >= 0.3 is 0 Å². The van der Waals surface area contributed by atoms with Crippen LogP contribution < -0.4 is 0 Å². The fourth-order valence-corrected chi connectivity index (χ4v) is 4.58. The quantitative estimate of drug-likeness (QED) is 0.769. The molecule has 6 nitrogen and oxygen atoms in total. The van der Waals surface area contributed by atoms with Gasteiger partial charge in [-0.3, -0.25) is 9.59 Å². The minimum atomic E-state index is -0.0888. The summed E-state index contributed by atoms with van der Waals surface area (Å²) in [5.41, 5.74) is 2.18. The van der Waals surface area contributed by atoms with Crippen molar-refractivity contribution in [1.82, 2.24) is 19.6 Å². The number of hydrogen-bond acceptors (Lipinski definition) is 3. The molecule has 7 heteroatoms. The number of aromatic nitrogens is 2. The molecule has 0 unspecified atom stereocenters. The van der Waals surface area contributed by atoms with E-state index in [9.17, 15) is 9.59 Å². The number of rotatable bonds is 3. The number of piperidine rings is 2. The largest absolute Gasteiger partial charge is 0.342 e. The minimum Gasteiger partial charge on any atom is -0.342 e. The van der Waals surface area contributed by atoms with Gasteiger partial charge in [-0.05, 0) is 57.2 Å². The molecule has 3 heterocycles. The SMILES string of the molecule is Cc1c(C(=O)N2CCC[C@H](C(=O)N3CCCCC3)C2)cnn1-c1cccc(Cl)c1. The number of carbonyl (C=O) groups excluding carboxylic acids is 2. The molecule has 0 aliphatic carbocycles. The summed E-state index contributed by atoms with van der Waals surface area (Å²) in [6.45, 7) is 4.78. The lowest BCUT2D eigenvalue weighted by Gasteiger charge is -2.36. The number of nitrogens with zero attached hydrogens (tertiary/aromatic N) is 4. The summed E-state index contributed by atoms with van der Waals surface area (Å²) in [5.74, 6) is 0.0783. The van der Waals surface area contributed by atoms with E-state index >= 15 is 0 Å². The summed E-state index contributed by atoms with van der Waals surface area (Å²) in [6, 6.07) is 7.41. The van der Waals surface area contributed by atoms with E-state index in [0.717, 1.165) is 50.2 Å². The molecule has 2 aliphatic rings. The number of halogens is 1. The molecule has 0 N–H and O–H groups in total. The highest BCUT2D eigenvalue weighted by Crippen LogP contribution is 2.24. The summed E-state index contributed by atoms with van der Waals surface area (Å²) in [7, 11) is 0. The van der Waals surface area contributed by atoms with Crippen molar-refractivity contribution in [3.8, 4) is 5.69 Å². The molecule has 2 aromatic rings. The first-order chi connectivity index (χ1) is 14.0. The van der Waals surface area contributed by atoms with Crippen LogP contribution in [0.3, 0.4) is 0 Å². The summed E-state index contributed by atoms with van der Waals surface area (Å²) in [5, 5.41) is 5.03.